The van der Waals surface area contributed by atoms with Crippen LogP contribution < -0.4 is 5.32 Å². The number of rotatable bonds is 6. The van der Waals surface area contributed by atoms with Gasteiger partial charge in [0.15, 0.2) is 5.96 Å². The highest BCUT2D eigenvalue weighted by Crippen LogP contribution is 2.19. The lowest BCUT2D eigenvalue weighted by Gasteiger charge is -2.29. The maximum atomic E-state index is 5.64. The molecule has 0 aliphatic carbocycles. The van der Waals surface area contributed by atoms with Gasteiger partial charge in [-0.1, -0.05) is 24.6 Å². The number of likely N-dealkylation sites (N-methyl/N-ethyl adjacent to an activating group) is 2. The first-order valence-electron chi connectivity index (χ1n) is 9.78. The molecule has 1 aromatic carbocycles. The molecule has 2 aromatic rings. The fourth-order valence-corrected chi connectivity index (χ4v) is 3.69. The van der Waals surface area contributed by atoms with Crippen LogP contribution in [0.25, 0.3) is 11.5 Å². The van der Waals surface area contributed by atoms with Crippen LogP contribution in [0.4, 0.5) is 0 Å². The van der Waals surface area contributed by atoms with E-state index in [1.54, 1.807) is 6.26 Å². The van der Waals surface area contributed by atoms with Crippen LogP contribution in [0.15, 0.2) is 39.9 Å². The molecular formula is C21H31N5O. The van der Waals surface area contributed by atoms with Crippen molar-refractivity contribution in [3.8, 4) is 11.5 Å². The Morgan fingerprint density at radius 3 is 2.85 bits per heavy atom. The molecule has 1 aromatic heterocycles. The van der Waals surface area contributed by atoms with E-state index in [-0.39, 0.29) is 0 Å². The van der Waals surface area contributed by atoms with Gasteiger partial charge in [0.2, 0.25) is 5.89 Å². The van der Waals surface area contributed by atoms with E-state index in [2.05, 4.69) is 58.1 Å². The Labute approximate surface area is 162 Å². The van der Waals surface area contributed by atoms with Crippen molar-refractivity contribution in [2.75, 3.05) is 33.7 Å². The maximum absolute atomic E-state index is 5.64. The van der Waals surface area contributed by atoms with Gasteiger partial charge >= 0.3 is 0 Å². The summed E-state index contributed by atoms with van der Waals surface area (Å²) in [5.41, 5.74) is 3.09. The summed E-state index contributed by atoms with van der Waals surface area (Å²) < 4.78 is 5.64. The summed E-state index contributed by atoms with van der Waals surface area (Å²) in [6.07, 6.45) is 4.27. The molecule has 0 spiro atoms. The van der Waals surface area contributed by atoms with Crippen LogP contribution in [0.2, 0.25) is 0 Å². The molecule has 2 heterocycles. The Bertz CT molecular complexity index is 752. The summed E-state index contributed by atoms with van der Waals surface area (Å²) in [4.78, 5) is 13.8. The van der Waals surface area contributed by atoms with Crippen LogP contribution in [0, 0.1) is 6.92 Å². The third-order valence-electron chi connectivity index (χ3n) is 5.24. The Balaban J connectivity index is 1.55. The first-order chi connectivity index (χ1) is 13.1. The molecule has 6 heteroatoms. The Morgan fingerprint density at radius 1 is 1.37 bits per heavy atom. The molecule has 146 valence electrons. The van der Waals surface area contributed by atoms with Gasteiger partial charge in [0.05, 0.1) is 12.2 Å². The van der Waals surface area contributed by atoms with Crippen molar-refractivity contribution in [1.29, 1.82) is 0 Å². The summed E-state index contributed by atoms with van der Waals surface area (Å²) in [5, 5.41) is 3.40. The molecule has 0 radical (unpaired) electrons. The third-order valence-corrected chi connectivity index (χ3v) is 5.24. The summed E-state index contributed by atoms with van der Waals surface area (Å²) in [7, 11) is 3.92. The van der Waals surface area contributed by atoms with Crippen LogP contribution in [0.1, 0.15) is 31.0 Å². The quantitative estimate of drug-likeness (QED) is 0.626. The van der Waals surface area contributed by atoms with Gasteiger partial charge in [0.1, 0.15) is 6.26 Å². The van der Waals surface area contributed by atoms with Gasteiger partial charge in [-0.2, -0.15) is 0 Å². The van der Waals surface area contributed by atoms with Gasteiger partial charge in [-0.3, -0.25) is 9.89 Å². The van der Waals surface area contributed by atoms with Crippen LogP contribution in [-0.4, -0.2) is 60.5 Å². The molecule has 3 rings (SSSR count). The minimum Gasteiger partial charge on any atom is -0.444 e. The lowest BCUT2D eigenvalue weighted by atomic mass is 10.1. The van der Waals surface area contributed by atoms with E-state index in [4.69, 9.17) is 4.42 Å². The highest BCUT2D eigenvalue weighted by atomic mass is 16.3. The minimum absolute atomic E-state index is 0.592. The van der Waals surface area contributed by atoms with Crippen molar-refractivity contribution < 1.29 is 4.42 Å². The lowest BCUT2D eigenvalue weighted by Crippen LogP contribution is -2.45. The minimum atomic E-state index is 0.592. The Morgan fingerprint density at radius 2 is 2.15 bits per heavy atom. The van der Waals surface area contributed by atoms with Crippen LogP contribution in [-0.2, 0) is 6.54 Å². The topological polar surface area (TPSA) is 56.9 Å². The van der Waals surface area contributed by atoms with Crippen LogP contribution in [0.3, 0.4) is 0 Å². The second-order valence-electron chi connectivity index (χ2n) is 7.22. The molecule has 1 N–H and O–H groups in total. The molecule has 27 heavy (non-hydrogen) atoms. The number of nitrogens with one attached hydrogen (secondary N) is 1. The summed E-state index contributed by atoms with van der Waals surface area (Å²) in [6.45, 7) is 8.21. The lowest BCUT2D eigenvalue weighted by molar-refractivity contribution is 0.232. The number of likely N-dealkylation sites (tertiary alicyclic amines) is 1. The molecule has 0 amide bonds. The van der Waals surface area contributed by atoms with Gasteiger partial charge in [0.25, 0.3) is 0 Å². The fourth-order valence-electron chi connectivity index (χ4n) is 3.69. The molecule has 6 nitrogen and oxygen atoms in total. The normalized spacial score (nSPS) is 18.1. The van der Waals surface area contributed by atoms with Gasteiger partial charge in [-0.25, -0.2) is 4.98 Å². The summed E-state index contributed by atoms with van der Waals surface area (Å²) in [5.74, 6) is 1.54. The van der Waals surface area contributed by atoms with Gasteiger partial charge in [-0.05, 0) is 45.0 Å². The number of benzene rings is 1. The highest BCUT2D eigenvalue weighted by Gasteiger charge is 2.25. The molecule has 1 fully saturated rings. The number of hydrogen-bond donors (Lipinski definition) is 1. The summed E-state index contributed by atoms with van der Waals surface area (Å²) in [6, 6.07) is 8.81. The molecule has 1 atom stereocenters. The standard InChI is InChI=1S/C21H31N5O/c1-5-26-12-6-7-19(26)14-25(4)21(22-3)23-13-18-15-27-20(24-18)17-10-8-16(2)9-11-17/h8-11,15,19H,5-7,12-14H2,1-4H3,(H,22,23). The van der Waals surface area contributed by atoms with E-state index in [0.717, 1.165) is 30.3 Å². The first-order valence-corrected chi connectivity index (χ1v) is 9.78. The van der Waals surface area contributed by atoms with Crippen molar-refractivity contribution in [3.05, 3.63) is 41.8 Å². The van der Waals surface area contributed by atoms with Crippen LogP contribution >= 0.6 is 0 Å². The first kappa shape index (κ1) is 19.4. The molecule has 1 aliphatic rings. The monoisotopic (exact) mass is 369 g/mol. The number of aryl methyl sites for hydroxylation is 1. The molecule has 1 saturated heterocycles. The van der Waals surface area contributed by atoms with E-state index in [1.165, 1.54) is 24.9 Å². The predicted molar refractivity (Wildman–Crippen MR) is 110 cm³/mol. The molecule has 1 unspecified atom stereocenters. The maximum Gasteiger partial charge on any atom is 0.226 e. The highest BCUT2D eigenvalue weighted by molar-refractivity contribution is 5.79. The zero-order chi connectivity index (χ0) is 19.2. The van der Waals surface area contributed by atoms with E-state index in [9.17, 15) is 0 Å². The summed E-state index contributed by atoms with van der Waals surface area (Å²) >= 11 is 0. The van der Waals surface area contributed by atoms with Gasteiger partial charge < -0.3 is 14.6 Å². The zero-order valence-electron chi connectivity index (χ0n) is 16.9. The van der Waals surface area contributed by atoms with E-state index in [0.29, 0.717) is 18.5 Å². The smallest absolute Gasteiger partial charge is 0.226 e. The van der Waals surface area contributed by atoms with Crippen molar-refractivity contribution in [2.45, 2.75) is 39.3 Å². The second-order valence-corrected chi connectivity index (χ2v) is 7.22. The van der Waals surface area contributed by atoms with Crippen molar-refractivity contribution >= 4 is 5.96 Å². The van der Waals surface area contributed by atoms with Crippen molar-refractivity contribution in [3.63, 3.8) is 0 Å². The van der Waals surface area contributed by atoms with E-state index < -0.39 is 0 Å². The van der Waals surface area contributed by atoms with Crippen molar-refractivity contribution in [2.24, 2.45) is 4.99 Å². The number of guanidine groups is 1. The Kier molecular flexibility index (Phi) is 6.50. The van der Waals surface area contributed by atoms with E-state index >= 15 is 0 Å². The average Bonchev–Trinajstić information content (AvgIpc) is 3.32. The fraction of sp³-hybridized carbons (Fsp3) is 0.524. The van der Waals surface area contributed by atoms with Crippen LogP contribution in [0.5, 0.6) is 0 Å². The number of hydrogen-bond acceptors (Lipinski definition) is 4. The number of aromatic nitrogens is 1. The molecular weight excluding hydrogens is 338 g/mol. The number of nitrogens with zero attached hydrogens (tertiary/aromatic N) is 4. The van der Waals surface area contributed by atoms with Gasteiger partial charge in [-0.15, -0.1) is 0 Å². The molecule has 0 saturated carbocycles. The molecule has 0 bridgehead atoms. The van der Waals surface area contributed by atoms with E-state index in [1.807, 2.05) is 19.2 Å². The Hall–Kier alpha value is -2.34. The SMILES string of the molecule is CCN1CCCC1CN(C)C(=NC)NCc1coc(-c2ccc(C)cc2)n1. The van der Waals surface area contributed by atoms with Crippen molar-refractivity contribution in [1.82, 2.24) is 20.1 Å². The zero-order valence-corrected chi connectivity index (χ0v) is 16.9. The largest absolute Gasteiger partial charge is 0.444 e. The third kappa shape index (κ3) is 4.89. The van der Waals surface area contributed by atoms with Gasteiger partial charge in [0, 0.05) is 32.2 Å². The predicted octanol–water partition coefficient (Wildman–Crippen LogP) is 3.14. The number of aliphatic imine (C=N–C) groups is 1. The second kappa shape index (κ2) is 9.04. The molecule has 1 aliphatic heterocycles. The number of oxazole rings is 1. The average molecular weight is 370 g/mol.